The van der Waals surface area contributed by atoms with E-state index in [0.717, 1.165) is 21.6 Å². The number of anilines is 1. The highest BCUT2D eigenvalue weighted by atomic mass is 32.1. The highest BCUT2D eigenvalue weighted by Crippen LogP contribution is 2.35. The summed E-state index contributed by atoms with van der Waals surface area (Å²) in [6, 6.07) is 13.4. The van der Waals surface area contributed by atoms with Crippen molar-refractivity contribution in [1.82, 2.24) is 9.55 Å². The number of fused-ring (bicyclic) bond motifs is 1. The maximum atomic E-state index is 13.1. The maximum absolute atomic E-state index is 13.1. The van der Waals surface area contributed by atoms with Crippen LogP contribution in [0.3, 0.4) is 0 Å². The molecule has 146 valence electrons. The van der Waals surface area contributed by atoms with E-state index in [1.54, 1.807) is 0 Å². The van der Waals surface area contributed by atoms with Crippen molar-refractivity contribution in [3.63, 3.8) is 0 Å². The number of halogens is 1. The maximum Gasteiger partial charge on any atom is 0.263 e. The molecule has 0 aliphatic carbocycles. The fourth-order valence-corrected chi connectivity index (χ4v) is 4.21. The molecular weight excluding hydrogens is 389 g/mol. The van der Waals surface area contributed by atoms with Gasteiger partial charge in [0.05, 0.1) is 11.7 Å². The number of hydrogen-bond acceptors (Lipinski definition) is 4. The Balaban J connectivity index is 1.69. The molecule has 1 N–H and O–H groups in total. The van der Waals surface area contributed by atoms with E-state index in [1.807, 2.05) is 38.1 Å². The number of aryl methyl sites for hydroxylation is 2. The van der Waals surface area contributed by atoms with E-state index in [4.69, 9.17) is 0 Å². The Labute approximate surface area is 170 Å². The van der Waals surface area contributed by atoms with Crippen LogP contribution >= 0.6 is 11.3 Å². The molecule has 0 saturated heterocycles. The number of nitrogens with one attached hydrogen (secondary N) is 1. The SMILES string of the molecule is Cc1ccc(-c2c(C)sc3ncn(CC(=O)Nc4ccc(F)cc4)c(=O)c23)cc1. The molecule has 2 aromatic carbocycles. The Kier molecular flexibility index (Phi) is 4.98. The topological polar surface area (TPSA) is 64.0 Å². The molecule has 2 heterocycles. The van der Waals surface area contributed by atoms with E-state index in [1.165, 1.54) is 46.5 Å². The molecule has 0 atom stereocenters. The lowest BCUT2D eigenvalue weighted by atomic mass is 10.0. The van der Waals surface area contributed by atoms with Gasteiger partial charge in [-0.25, -0.2) is 9.37 Å². The predicted molar refractivity (Wildman–Crippen MR) is 114 cm³/mol. The number of rotatable bonds is 4. The summed E-state index contributed by atoms with van der Waals surface area (Å²) in [6.07, 6.45) is 1.39. The first-order chi connectivity index (χ1) is 13.9. The van der Waals surface area contributed by atoms with E-state index in [2.05, 4.69) is 10.3 Å². The van der Waals surface area contributed by atoms with Crippen LogP contribution in [0.2, 0.25) is 0 Å². The summed E-state index contributed by atoms with van der Waals surface area (Å²) in [4.78, 5) is 31.5. The summed E-state index contributed by atoms with van der Waals surface area (Å²) >= 11 is 1.46. The first-order valence-electron chi connectivity index (χ1n) is 9.03. The average Bonchev–Trinajstić information content (AvgIpc) is 3.03. The quantitative estimate of drug-likeness (QED) is 0.541. The Morgan fingerprint density at radius 2 is 1.79 bits per heavy atom. The first-order valence-corrected chi connectivity index (χ1v) is 9.85. The molecule has 0 bridgehead atoms. The average molecular weight is 407 g/mol. The van der Waals surface area contributed by atoms with Crippen LogP contribution in [0.15, 0.2) is 59.7 Å². The summed E-state index contributed by atoms with van der Waals surface area (Å²) in [5, 5.41) is 3.18. The van der Waals surface area contributed by atoms with E-state index in [9.17, 15) is 14.0 Å². The third kappa shape index (κ3) is 3.82. The van der Waals surface area contributed by atoms with Gasteiger partial charge in [-0.2, -0.15) is 0 Å². The second kappa shape index (κ2) is 7.60. The normalized spacial score (nSPS) is 11.0. The number of thiophene rings is 1. The molecule has 0 fully saturated rings. The number of carbonyl (C=O) groups is 1. The van der Waals surface area contributed by atoms with Crippen LogP contribution in [0.1, 0.15) is 10.4 Å². The van der Waals surface area contributed by atoms with Gasteiger partial charge >= 0.3 is 0 Å². The van der Waals surface area contributed by atoms with Crippen LogP contribution in [0.25, 0.3) is 21.3 Å². The van der Waals surface area contributed by atoms with Gasteiger partial charge in [0.15, 0.2) is 0 Å². The Bertz CT molecular complexity index is 1260. The summed E-state index contributed by atoms with van der Waals surface area (Å²) in [7, 11) is 0. The molecule has 4 rings (SSSR count). The lowest BCUT2D eigenvalue weighted by Crippen LogP contribution is -2.27. The van der Waals surface area contributed by atoms with E-state index in [0.29, 0.717) is 15.9 Å². The van der Waals surface area contributed by atoms with Crippen molar-refractivity contribution in [2.45, 2.75) is 20.4 Å². The van der Waals surface area contributed by atoms with Crippen LogP contribution < -0.4 is 10.9 Å². The monoisotopic (exact) mass is 407 g/mol. The van der Waals surface area contributed by atoms with Crippen molar-refractivity contribution in [3.05, 3.63) is 81.5 Å². The number of benzene rings is 2. The van der Waals surface area contributed by atoms with E-state index >= 15 is 0 Å². The molecule has 5 nitrogen and oxygen atoms in total. The highest BCUT2D eigenvalue weighted by molar-refractivity contribution is 7.19. The number of nitrogens with zero attached hydrogens (tertiary/aromatic N) is 2. The van der Waals surface area contributed by atoms with Crippen LogP contribution in [-0.2, 0) is 11.3 Å². The molecule has 4 aromatic rings. The number of hydrogen-bond donors (Lipinski definition) is 1. The fourth-order valence-electron chi connectivity index (χ4n) is 3.21. The van der Waals surface area contributed by atoms with Gasteiger partial charge in [-0.1, -0.05) is 29.8 Å². The predicted octanol–water partition coefficient (Wildman–Crippen LogP) is 4.52. The van der Waals surface area contributed by atoms with Crippen molar-refractivity contribution in [3.8, 4) is 11.1 Å². The molecule has 1 amide bonds. The van der Waals surface area contributed by atoms with Gasteiger partial charge < -0.3 is 5.32 Å². The van der Waals surface area contributed by atoms with Crippen molar-refractivity contribution in [2.24, 2.45) is 0 Å². The Morgan fingerprint density at radius 1 is 1.10 bits per heavy atom. The van der Waals surface area contributed by atoms with Crippen LogP contribution in [0.5, 0.6) is 0 Å². The lowest BCUT2D eigenvalue weighted by molar-refractivity contribution is -0.116. The van der Waals surface area contributed by atoms with Crippen molar-refractivity contribution in [2.75, 3.05) is 5.32 Å². The minimum Gasteiger partial charge on any atom is -0.325 e. The van der Waals surface area contributed by atoms with Gasteiger partial charge in [0.2, 0.25) is 5.91 Å². The summed E-state index contributed by atoms with van der Waals surface area (Å²) in [5.74, 6) is -0.769. The van der Waals surface area contributed by atoms with Crippen LogP contribution in [-0.4, -0.2) is 15.5 Å². The lowest BCUT2D eigenvalue weighted by Gasteiger charge is -2.08. The van der Waals surface area contributed by atoms with Gasteiger partial charge in [-0.3, -0.25) is 14.2 Å². The van der Waals surface area contributed by atoms with Crippen LogP contribution in [0.4, 0.5) is 10.1 Å². The standard InChI is InChI=1S/C22H18FN3O2S/c1-13-3-5-15(6-4-13)19-14(2)29-21-20(19)22(28)26(12-24-21)11-18(27)25-17-9-7-16(23)8-10-17/h3-10,12H,11H2,1-2H3,(H,25,27). The van der Waals surface area contributed by atoms with Gasteiger partial charge in [-0.15, -0.1) is 11.3 Å². The molecule has 0 spiro atoms. The molecule has 0 radical (unpaired) electrons. The molecule has 0 aliphatic heterocycles. The molecular formula is C22H18FN3O2S. The van der Waals surface area contributed by atoms with Crippen molar-refractivity contribution in [1.29, 1.82) is 0 Å². The van der Waals surface area contributed by atoms with E-state index in [-0.39, 0.29) is 23.8 Å². The summed E-state index contributed by atoms with van der Waals surface area (Å²) in [6.45, 7) is 3.80. The second-order valence-electron chi connectivity index (χ2n) is 6.81. The third-order valence-electron chi connectivity index (χ3n) is 4.64. The summed E-state index contributed by atoms with van der Waals surface area (Å²) < 4.78 is 14.3. The molecule has 29 heavy (non-hydrogen) atoms. The minimum atomic E-state index is -0.385. The first kappa shape index (κ1) is 19.0. The van der Waals surface area contributed by atoms with Gasteiger partial charge in [-0.05, 0) is 43.7 Å². The molecule has 0 aliphatic rings. The van der Waals surface area contributed by atoms with Gasteiger partial charge in [0.1, 0.15) is 17.2 Å². The zero-order chi connectivity index (χ0) is 20.5. The Hall–Kier alpha value is -3.32. The number of amides is 1. The molecule has 0 saturated carbocycles. The Morgan fingerprint density at radius 3 is 2.48 bits per heavy atom. The largest absolute Gasteiger partial charge is 0.325 e. The van der Waals surface area contributed by atoms with Crippen molar-refractivity contribution >= 4 is 33.1 Å². The number of carbonyl (C=O) groups excluding carboxylic acids is 1. The molecule has 2 aromatic heterocycles. The summed E-state index contributed by atoms with van der Waals surface area (Å²) in [5.41, 5.74) is 3.15. The number of aromatic nitrogens is 2. The van der Waals surface area contributed by atoms with Gasteiger partial charge in [0.25, 0.3) is 5.56 Å². The van der Waals surface area contributed by atoms with Gasteiger partial charge in [0, 0.05) is 16.1 Å². The minimum absolute atomic E-state index is 0.179. The fraction of sp³-hybridized carbons (Fsp3) is 0.136. The smallest absolute Gasteiger partial charge is 0.263 e. The zero-order valence-corrected chi connectivity index (χ0v) is 16.7. The zero-order valence-electron chi connectivity index (χ0n) is 15.9. The van der Waals surface area contributed by atoms with E-state index < -0.39 is 0 Å². The second-order valence-corrected chi connectivity index (χ2v) is 8.02. The van der Waals surface area contributed by atoms with Crippen LogP contribution in [0, 0.1) is 19.7 Å². The third-order valence-corrected chi connectivity index (χ3v) is 5.65. The molecule has 0 unspecified atom stereocenters. The van der Waals surface area contributed by atoms with Crippen molar-refractivity contribution < 1.29 is 9.18 Å². The highest BCUT2D eigenvalue weighted by Gasteiger charge is 2.17. The molecule has 7 heteroatoms.